The number of carbonyl (C=O) groups is 1. The van der Waals surface area contributed by atoms with E-state index < -0.39 is 0 Å². The summed E-state index contributed by atoms with van der Waals surface area (Å²) < 4.78 is 14.8. The van der Waals surface area contributed by atoms with Gasteiger partial charge in [-0.25, -0.2) is 4.39 Å². The fourth-order valence-corrected chi connectivity index (χ4v) is 2.97. The lowest BCUT2D eigenvalue weighted by Crippen LogP contribution is -2.26. The summed E-state index contributed by atoms with van der Waals surface area (Å²) in [5.74, 6) is -0.569. The molecule has 0 aliphatic rings. The number of hydrogen-bond donors (Lipinski definition) is 0. The Morgan fingerprint density at radius 2 is 1.74 bits per heavy atom. The van der Waals surface area contributed by atoms with Gasteiger partial charge in [0.15, 0.2) is 0 Å². The van der Waals surface area contributed by atoms with Crippen molar-refractivity contribution < 1.29 is 9.18 Å². The molecule has 0 saturated heterocycles. The Balaban J connectivity index is 2.33. The second-order valence-corrected chi connectivity index (χ2v) is 5.83. The molecule has 19 heavy (non-hydrogen) atoms. The summed E-state index contributed by atoms with van der Waals surface area (Å²) in [4.78, 5) is 13.7. The SMILES string of the molecule is CN(C(=O)c1cc(Br)cc(Br)c1)c1cccc(F)c1. The smallest absolute Gasteiger partial charge is 0.258 e. The van der Waals surface area contributed by atoms with Crippen LogP contribution in [0.25, 0.3) is 0 Å². The maximum absolute atomic E-state index is 13.2. The molecular weight excluding hydrogens is 377 g/mol. The second-order valence-electron chi connectivity index (χ2n) is 4.00. The first-order valence-corrected chi connectivity index (χ1v) is 7.05. The van der Waals surface area contributed by atoms with Crippen LogP contribution in [0.4, 0.5) is 10.1 Å². The van der Waals surface area contributed by atoms with Crippen molar-refractivity contribution in [3.63, 3.8) is 0 Å². The van der Waals surface area contributed by atoms with Crippen LogP contribution in [0, 0.1) is 5.82 Å². The average Bonchev–Trinajstić information content (AvgIpc) is 2.36. The third-order valence-electron chi connectivity index (χ3n) is 2.61. The lowest BCUT2D eigenvalue weighted by molar-refractivity contribution is 0.0993. The third kappa shape index (κ3) is 3.42. The minimum atomic E-state index is -0.368. The third-order valence-corrected chi connectivity index (χ3v) is 3.53. The van der Waals surface area contributed by atoms with Crippen LogP contribution in [0.1, 0.15) is 10.4 Å². The average molecular weight is 387 g/mol. The summed E-state index contributed by atoms with van der Waals surface area (Å²) in [5, 5.41) is 0. The molecule has 0 radical (unpaired) electrons. The highest BCUT2D eigenvalue weighted by Gasteiger charge is 2.14. The van der Waals surface area contributed by atoms with Crippen molar-refractivity contribution in [1.82, 2.24) is 0 Å². The van der Waals surface area contributed by atoms with Crippen LogP contribution in [-0.2, 0) is 0 Å². The number of carbonyl (C=O) groups excluding carboxylic acids is 1. The van der Waals surface area contributed by atoms with E-state index in [1.54, 1.807) is 31.3 Å². The van der Waals surface area contributed by atoms with E-state index in [1.807, 2.05) is 6.07 Å². The van der Waals surface area contributed by atoms with E-state index >= 15 is 0 Å². The van der Waals surface area contributed by atoms with Gasteiger partial charge in [0, 0.05) is 27.2 Å². The lowest BCUT2D eigenvalue weighted by Gasteiger charge is -2.17. The van der Waals surface area contributed by atoms with Gasteiger partial charge in [-0.2, -0.15) is 0 Å². The molecule has 0 atom stereocenters. The van der Waals surface area contributed by atoms with Crippen LogP contribution in [0.3, 0.4) is 0 Å². The van der Waals surface area contributed by atoms with Crippen LogP contribution in [-0.4, -0.2) is 13.0 Å². The number of amides is 1. The Morgan fingerprint density at radius 3 is 2.32 bits per heavy atom. The molecule has 0 bridgehead atoms. The first-order valence-electron chi connectivity index (χ1n) is 5.47. The molecule has 0 fully saturated rings. The van der Waals surface area contributed by atoms with Gasteiger partial charge in [-0.05, 0) is 36.4 Å². The monoisotopic (exact) mass is 385 g/mol. The Hall–Kier alpha value is -1.20. The van der Waals surface area contributed by atoms with Crippen molar-refractivity contribution in [2.24, 2.45) is 0 Å². The fourth-order valence-electron chi connectivity index (χ4n) is 1.67. The Bertz CT molecular complexity index is 610. The maximum atomic E-state index is 13.2. The molecule has 1 amide bonds. The van der Waals surface area contributed by atoms with Gasteiger partial charge >= 0.3 is 0 Å². The first-order chi connectivity index (χ1) is 8.97. The zero-order valence-corrected chi connectivity index (χ0v) is 13.2. The topological polar surface area (TPSA) is 20.3 Å². The molecule has 2 aromatic rings. The normalized spacial score (nSPS) is 10.3. The summed E-state index contributed by atoms with van der Waals surface area (Å²) >= 11 is 6.68. The highest BCUT2D eigenvalue weighted by atomic mass is 79.9. The van der Waals surface area contributed by atoms with E-state index in [2.05, 4.69) is 31.9 Å². The van der Waals surface area contributed by atoms with E-state index in [9.17, 15) is 9.18 Å². The fraction of sp³-hybridized carbons (Fsp3) is 0.0714. The number of anilines is 1. The molecule has 0 spiro atoms. The number of benzene rings is 2. The van der Waals surface area contributed by atoms with Crippen molar-refractivity contribution in [2.45, 2.75) is 0 Å². The van der Waals surface area contributed by atoms with Gasteiger partial charge in [0.2, 0.25) is 0 Å². The van der Waals surface area contributed by atoms with Gasteiger partial charge in [-0.3, -0.25) is 4.79 Å². The van der Waals surface area contributed by atoms with Crippen molar-refractivity contribution >= 4 is 43.5 Å². The molecule has 2 aromatic carbocycles. The highest BCUT2D eigenvalue weighted by molar-refractivity contribution is 9.11. The van der Waals surface area contributed by atoms with Crippen LogP contribution in [0.2, 0.25) is 0 Å². The maximum Gasteiger partial charge on any atom is 0.258 e. The van der Waals surface area contributed by atoms with Gasteiger partial charge in [0.25, 0.3) is 5.91 Å². The van der Waals surface area contributed by atoms with E-state index in [0.29, 0.717) is 11.3 Å². The number of rotatable bonds is 2. The van der Waals surface area contributed by atoms with Crippen molar-refractivity contribution in [1.29, 1.82) is 0 Å². The van der Waals surface area contributed by atoms with E-state index in [0.717, 1.165) is 8.95 Å². The predicted octanol–water partition coefficient (Wildman–Crippen LogP) is 4.63. The van der Waals surface area contributed by atoms with Gasteiger partial charge < -0.3 is 4.90 Å². The first kappa shape index (κ1) is 14.2. The summed E-state index contributed by atoms with van der Waals surface area (Å²) in [6.45, 7) is 0. The highest BCUT2D eigenvalue weighted by Crippen LogP contribution is 2.23. The van der Waals surface area contributed by atoms with Crippen molar-refractivity contribution in [3.8, 4) is 0 Å². The van der Waals surface area contributed by atoms with Crippen LogP contribution in [0.5, 0.6) is 0 Å². The van der Waals surface area contributed by atoms with Crippen LogP contribution in [0.15, 0.2) is 51.4 Å². The Labute approximate surface area is 127 Å². The summed E-state index contributed by atoms with van der Waals surface area (Å²) in [7, 11) is 1.62. The molecule has 0 unspecified atom stereocenters. The molecule has 2 rings (SSSR count). The van der Waals surface area contributed by atoms with Crippen molar-refractivity contribution in [2.75, 3.05) is 11.9 Å². The molecule has 0 N–H and O–H groups in total. The quantitative estimate of drug-likeness (QED) is 0.736. The van der Waals surface area contributed by atoms with Crippen LogP contribution < -0.4 is 4.90 Å². The zero-order chi connectivity index (χ0) is 14.0. The summed E-state index contributed by atoms with van der Waals surface area (Å²) in [6.07, 6.45) is 0. The largest absolute Gasteiger partial charge is 0.311 e. The molecule has 5 heteroatoms. The Kier molecular flexibility index (Phi) is 4.37. The molecule has 0 aliphatic heterocycles. The molecule has 0 saturated carbocycles. The molecule has 2 nitrogen and oxygen atoms in total. The van der Waals surface area contributed by atoms with E-state index in [1.165, 1.54) is 17.0 Å². The van der Waals surface area contributed by atoms with Crippen molar-refractivity contribution in [3.05, 3.63) is 62.8 Å². The molecule has 0 aliphatic carbocycles. The molecule has 0 aromatic heterocycles. The standard InChI is InChI=1S/C14H10Br2FNO/c1-18(13-4-2-3-12(17)8-13)14(19)9-5-10(15)7-11(16)6-9/h2-8H,1H3. The minimum Gasteiger partial charge on any atom is -0.311 e. The number of hydrogen-bond acceptors (Lipinski definition) is 1. The molecular formula is C14H10Br2FNO. The number of nitrogens with zero attached hydrogens (tertiary/aromatic N) is 1. The van der Waals surface area contributed by atoms with Gasteiger partial charge in [-0.15, -0.1) is 0 Å². The van der Waals surface area contributed by atoms with E-state index in [4.69, 9.17) is 0 Å². The van der Waals surface area contributed by atoms with Gasteiger partial charge in [0.1, 0.15) is 5.82 Å². The van der Waals surface area contributed by atoms with Gasteiger partial charge in [0.05, 0.1) is 0 Å². The molecule has 0 heterocycles. The minimum absolute atomic E-state index is 0.201. The van der Waals surface area contributed by atoms with Crippen LogP contribution >= 0.6 is 31.9 Å². The second kappa shape index (κ2) is 5.84. The predicted molar refractivity (Wildman–Crippen MR) is 81.0 cm³/mol. The lowest BCUT2D eigenvalue weighted by atomic mass is 10.2. The van der Waals surface area contributed by atoms with E-state index in [-0.39, 0.29) is 11.7 Å². The zero-order valence-electron chi connectivity index (χ0n) is 10.0. The Morgan fingerprint density at radius 1 is 1.11 bits per heavy atom. The molecule has 98 valence electrons. The number of halogens is 3. The van der Waals surface area contributed by atoms with Gasteiger partial charge in [-0.1, -0.05) is 37.9 Å². The summed E-state index contributed by atoms with van der Waals surface area (Å²) in [6, 6.07) is 11.2. The summed E-state index contributed by atoms with van der Waals surface area (Å²) in [5.41, 5.74) is 1.04.